The molecule has 4 rings (SSSR count). The van der Waals surface area contributed by atoms with Gasteiger partial charge >= 0.3 is 0 Å². The van der Waals surface area contributed by atoms with E-state index in [0.29, 0.717) is 0 Å². The Hall–Kier alpha value is -3.44. The first-order valence-electron chi connectivity index (χ1n) is 7.58. The molecule has 2 aromatic carbocycles. The van der Waals surface area contributed by atoms with Crippen molar-refractivity contribution < 1.29 is 5.48 Å². The van der Waals surface area contributed by atoms with Gasteiger partial charge in [-0.2, -0.15) is 0 Å². The van der Waals surface area contributed by atoms with E-state index in [-0.39, 0.29) is 5.48 Å². The van der Waals surface area contributed by atoms with Crippen molar-refractivity contribution in [2.75, 3.05) is 0 Å². The van der Waals surface area contributed by atoms with Gasteiger partial charge in [-0.3, -0.25) is 0 Å². The molecule has 4 aromatic rings. The maximum Gasteiger partial charge on any atom is 0.159 e. The third-order valence-corrected chi connectivity index (χ3v) is 3.20. The van der Waals surface area contributed by atoms with Crippen molar-refractivity contribution in [3.8, 4) is 22.8 Å². The molecule has 5 heteroatoms. The van der Waals surface area contributed by atoms with E-state index in [1.807, 2.05) is 72.8 Å². The van der Waals surface area contributed by atoms with Crippen LogP contribution in [-0.4, -0.2) is 25.4 Å². The average Bonchev–Trinajstić information content (AvgIpc) is 2.71. The molecule has 2 N–H and O–H groups in total. The van der Waals surface area contributed by atoms with Gasteiger partial charge in [0.05, 0.1) is 0 Å². The smallest absolute Gasteiger partial charge is 0.159 e. The van der Waals surface area contributed by atoms with Crippen LogP contribution in [0, 0.1) is 0 Å². The van der Waals surface area contributed by atoms with Crippen LogP contribution < -0.4 is 0 Å². The highest BCUT2D eigenvalue weighted by Crippen LogP contribution is 2.12. The summed E-state index contributed by atoms with van der Waals surface area (Å²) in [4.78, 5) is 16.6. The Bertz CT molecular complexity index is 692. The molecule has 0 saturated heterocycles. The van der Waals surface area contributed by atoms with Gasteiger partial charge in [-0.15, -0.1) is 0 Å². The maximum atomic E-state index is 4.14. The molecule has 0 atom stereocenters. The lowest BCUT2D eigenvalue weighted by Gasteiger charge is -1.96. The molecule has 5 nitrogen and oxygen atoms in total. The van der Waals surface area contributed by atoms with Crippen LogP contribution in [0.5, 0.6) is 0 Å². The average molecular weight is 330 g/mol. The van der Waals surface area contributed by atoms with Gasteiger partial charge in [0.25, 0.3) is 0 Å². The summed E-state index contributed by atoms with van der Waals surface area (Å²) in [6, 6.07) is 23.5. The zero-order chi connectivity index (χ0) is 16.5. The molecule has 0 amide bonds. The van der Waals surface area contributed by atoms with E-state index in [1.54, 1.807) is 24.8 Å². The predicted molar refractivity (Wildman–Crippen MR) is 98.5 cm³/mol. The molecule has 0 saturated carbocycles. The summed E-state index contributed by atoms with van der Waals surface area (Å²) in [5.41, 5.74) is 2.11. The number of hydrogen-bond acceptors (Lipinski definition) is 4. The molecule has 25 heavy (non-hydrogen) atoms. The highest BCUT2D eigenvalue weighted by molar-refractivity contribution is 5.54. The molecule has 2 heterocycles. The predicted octanol–water partition coefficient (Wildman–Crippen LogP) is 3.46. The number of nitrogens with zero attached hydrogens (tertiary/aromatic N) is 4. The van der Waals surface area contributed by atoms with Crippen molar-refractivity contribution in [2.24, 2.45) is 0 Å². The minimum Gasteiger partial charge on any atom is -0.412 e. The molecule has 124 valence electrons. The molecule has 0 aliphatic heterocycles. The van der Waals surface area contributed by atoms with Crippen LogP contribution in [0.4, 0.5) is 0 Å². The van der Waals surface area contributed by atoms with E-state index >= 15 is 0 Å². The monoisotopic (exact) mass is 330 g/mol. The van der Waals surface area contributed by atoms with E-state index in [2.05, 4.69) is 19.9 Å². The Morgan fingerprint density at radius 1 is 0.400 bits per heavy atom. The van der Waals surface area contributed by atoms with Gasteiger partial charge in [0.2, 0.25) is 0 Å². The van der Waals surface area contributed by atoms with Crippen molar-refractivity contribution in [3.63, 3.8) is 0 Å². The molecule has 0 unspecified atom stereocenters. The largest absolute Gasteiger partial charge is 0.412 e. The number of aromatic nitrogens is 4. The van der Waals surface area contributed by atoms with Crippen LogP contribution in [0.15, 0.2) is 97.6 Å². The lowest BCUT2D eigenvalue weighted by Crippen LogP contribution is -1.84. The quantitative estimate of drug-likeness (QED) is 0.563. The van der Waals surface area contributed by atoms with E-state index < -0.39 is 0 Å². The first kappa shape index (κ1) is 17.9. The fourth-order valence-electron chi connectivity index (χ4n) is 2.07. The van der Waals surface area contributed by atoms with Crippen LogP contribution in [-0.2, 0) is 0 Å². The van der Waals surface area contributed by atoms with Gasteiger partial charge in [-0.05, 0) is 12.1 Å². The lowest BCUT2D eigenvalue weighted by molar-refractivity contribution is 0.824. The van der Waals surface area contributed by atoms with Crippen LogP contribution in [0.2, 0.25) is 0 Å². The Morgan fingerprint density at radius 2 is 0.720 bits per heavy atom. The summed E-state index contributed by atoms with van der Waals surface area (Å²) in [6.07, 6.45) is 6.98. The fraction of sp³-hybridized carbons (Fsp3) is 0. The minimum absolute atomic E-state index is 0. The summed E-state index contributed by atoms with van der Waals surface area (Å²) in [6.45, 7) is 0. The van der Waals surface area contributed by atoms with Gasteiger partial charge in [0, 0.05) is 35.9 Å². The van der Waals surface area contributed by atoms with E-state index in [0.717, 1.165) is 22.8 Å². The van der Waals surface area contributed by atoms with Gasteiger partial charge in [-0.25, -0.2) is 19.9 Å². The number of rotatable bonds is 2. The van der Waals surface area contributed by atoms with E-state index in [9.17, 15) is 0 Å². The number of hydrogen-bond donors (Lipinski definition) is 0. The molecule has 0 aliphatic rings. The van der Waals surface area contributed by atoms with E-state index in [4.69, 9.17) is 0 Å². The highest BCUT2D eigenvalue weighted by atomic mass is 16.0. The number of benzene rings is 2. The van der Waals surface area contributed by atoms with Crippen molar-refractivity contribution in [3.05, 3.63) is 97.6 Å². The van der Waals surface area contributed by atoms with Gasteiger partial charge in [-0.1, -0.05) is 60.7 Å². The summed E-state index contributed by atoms with van der Waals surface area (Å²) in [7, 11) is 0. The summed E-state index contributed by atoms with van der Waals surface area (Å²) < 4.78 is 0. The Morgan fingerprint density at radius 3 is 1.04 bits per heavy atom. The van der Waals surface area contributed by atoms with E-state index in [1.165, 1.54) is 0 Å². The summed E-state index contributed by atoms with van der Waals surface area (Å²) in [5.74, 6) is 1.55. The molecule has 0 spiro atoms. The second-order valence-corrected chi connectivity index (χ2v) is 4.88. The fourth-order valence-corrected chi connectivity index (χ4v) is 2.07. The van der Waals surface area contributed by atoms with Crippen molar-refractivity contribution in [1.29, 1.82) is 0 Å². The first-order valence-corrected chi connectivity index (χ1v) is 7.58. The topological polar surface area (TPSA) is 83.1 Å². The Balaban J connectivity index is 0.000000173. The standard InChI is InChI=1S/2C10H8N2.H2O/c2*1-2-5-9(6-3-1)10-11-7-4-8-12-10;/h2*1-8H;1H2. The van der Waals surface area contributed by atoms with Crippen LogP contribution >= 0.6 is 0 Å². The third kappa shape index (κ3) is 5.30. The second-order valence-electron chi connectivity index (χ2n) is 4.88. The van der Waals surface area contributed by atoms with Crippen molar-refractivity contribution >= 4 is 0 Å². The van der Waals surface area contributed by atoms with Crippen molar-refractivity contribution in [2.45, 2.75) is 0 Å². The second kappa shape index (κ2) is 9.64. The molecule has 0 bridgehead atoms. The van der Waals surface area contributed by atoms with Crippen LogP contribution in [0.1, 0.15) is 0 Å². The van der Waals surface area contributed by atoms with Gasteiger partial charge in [0.15, 0.2) is 11.6 Å². The molecular formula is C20H18N4O. The molecule has 2 aromatic heterocycles. The third-order valence-electron chi connectivity index (χ3n) is 3.20. The Labute approximate surface area is 146 Å². The zero-order valence-corrected chi connectivity index (χ0v) is 13.5. The Kier molecular flexibility index (Phi) is 6.91. The minimum atomic E-state index is 0. The van der Waals surface area contributed by atoms with Crippen LogP contribution in [0.25, 0.3) is 22.8 Å². The highest BCUT2D eigenvalue weighted by Gasteiger charge is 1.96. The maximum absolute atomic E-state index is 4.14. The normalized spacial score (nSPS) is 9.28. The molecule has 0 aliphatic carbocycles. The lowest BCUT2D eigenvalue weighted by atomic mass is 10.2. The summed E-state index contributed by atoms with van der Waals surface area (Å²) in [5, 5.41) is 0. The molecule has 0 radical (unpaired) electrons. The SMILES string of the molecule is O.c1ccc(-c2ncccn2)cc1.c1ccc(-c2ncccn2)cc1. The van der Waals surface area contributed by atoms with Gasteiger partial charge in [0.1, 0.15) is 0 Å². The summed E-state index contributed by atoms with van der Waals surface area (Å²) >= 11 is 0. The van der Waals surface area contributed by atoms with Crippen LogP contribution in [0.3, 0.4) is 0 Å². The zero-order valence-electron chi connectivity index (χ0n) is 13.5. The first-order chi connectivity index (χ1) is 11.9. The van der Waals surface area contributed by atoms with Crippen molar-refractivity contribution in [1.82, 2.24) is 19.9 Å². The molecular weight excluding hydrogens is 312 g/mol. The molecule has 0 fully saturated rings. The van der Waals surface area contributed by atoms with Gasteiger partial charge < -0.3 is 5.48 Å².